The molecule has 0 amide bonds. The van der Waals surface area contributed by atoms with Crippen molar-refractivity contribution in [2.75, 3.05) is 30.5 Å². The van der Waals surface area contributed by atoms with Gasteiger partial charge in [0.1, 0.15) is 17.5 Å². The van der Waals surface area contributed by atoms with Crippen molar-refractivity contribution in [3.05, 3.63) is 11.9 Å². The van der Waals surface area contributed by atoms with Crippen LogP contribution in [-0.4, -0.2) is 39.3 Å². The molecule has 0 bridgehead atoms. The topological polar surface area (TPSA) is 66.9 Å². The molecule has 96 valence electrons. The van der Waals surface area contributed by atoms with E-state index in [9.17, 15) is 4.21 Å². The first-order valence-electron chi connectivity index (χ1n) is 5.62. The van der Waals surface area contributed by atoms with Crippen LogP contribution in [0.5, 0.6) is 0 Å². The summed E-state index contributed by atoms with van der Waals surface area (Å²) in [6.07, 6.45) is 2.60. The summed E-state index contributed by atoms with van der Waals surface area (Å²) < 4.78 is 11.2. The first-order chi connectivity index (χ1) is 8.02. The molecule has 0 aliphatic heterocycles. The van der Waals surface area contributed by atoms with Gasteiger partial charge in [0.25, 0.3) is 0 Å². The van der Waals surface area contributed by atoms with Gasteiger partial charge >= 0.3 is 0 Å². The summed E-state index contributed by atoms with van der Waals surface area (Å²) in [5.41, 5.74) is 0. The fourth-order valence-electron chi connectivity index (χ4n) is 1.36. The molecule has 0 aliphatic carbocycles. The van der Waals surface area contributed by atoms with Gasteiger partial charge in [0.2, 0.25) is 0 Å². The van der Waals surface area contributed by atoms with Gasteiger partial charge in [-0.1, -0.05) is 6.92 Å². The minimum Gasteiger partial charge on any atom is -0.373 e. The lowest BCUT2D eigenvalue weighted by Gasteiger charge is -2.10. The number of nitrogens with one attached hydrogen (secondary N) is 2. The van der Waals surface area contributed by atoms with E-state index >= 15 is 0 Å². The molecule has 2 atom stereocenters. The molecule has 1 aromatic rings. The molecule has 0 radical (unpaired) electrons. The smallest absolute Gasteiger partial charge is 0.131 e. The van der Waals surface area contributed by atoms with Crippen LogP contribution < -0.4 is 10.6 Å². The molecule has 0 saturated carbocycles. The minimum absolute atomic E-state index is 0.203. The van der Waals surface area contributed by atoms with Crippen LogP contribution in [0.25, 0.3) is 0 Å². The van der Waals surface area contributed by atoms with Crippen LogP contribution in [-0.2, 0) is 10.8 Å². The van der Waals surface area contributed by atoms with E-state index in [-0.39, 0.29) is 5.25 Å². The third-order valence-electron chi connectivity index (χ3n) is 2.52. The molecule has 5 nitrogen and oxygen atoms in total. The molecule has 0 aliphatic rings. The highest BCUT2D eigenvalue weighted by molar-refractivity contribution is 7.84. The lowest BCUT2D eigenvalue weighted by Crippen LogP contribution is -2.15. The monoisotopic (exact) mass is 256 g/mol. The molecule has 0 spiro atoms. The Morgan fingerprint density at radius 2 is 2.06 bits per heavy atom. The fourth-order valence-corrected chi connectivity index (χ4v) is 1.81. The Kier molecular flexibility index (Phi) is 5.34. The molecule has 1 heterocycles. The van der Waals surface area contributed by atoms with Gasteiger partial charge in [-0.25, -0.2) is 9.97 Å². The maximum atomic E-state index is 11.2. The summed E-state index contributed by atoms with van der Waals surface area (Å²) in [5.74, 6) is 2.33. The molecule has 0 fully saturated rings. The van der Waals surface area contributed by atoms with Crippen molar-refractivity contribution in [2.45, 2.75) is 25.5 Å². The fraction of sp³-hybridized carbons (Fsp3) is 0.636. The number of hydrogen-bond donors (Lipinski definition) is 2. The summed E-state index contributed by atoms with van der Waals surface area (Å²) >= 11 is 0. The molecule has 0 aromatic carbocycles. The van der Waals surface area contributed by atoms with E-state index in [4.69, 9.17) is 0 Å². The lowest BCUT2D eigenvalue weighted by molar-refractivity contribution is 0.672. The zero-order valence-corrected chi connectivity index (χ0v) is 11.6. The Morgan fingerprint density at radius 1 is 1.41 bits per heavy atom. The van der Waals surface area contributed by atoms with E-state index in [1.807, 2.05) is 27.0 Å². The van der Waals surface area contributed by atoms with E-state index in [1.165, 1.54) is 0 Å². The lowest BCUT2D eigenvalue weighted by atomic mass is 10.3. The first-order valence-corrected chi connectivity index (χ1v) is 7.24. The molecule has 2 N–H and O–H groups in total. The molecule has 2 unspecified atom stereocenters. The number of anilines is 2. The summed E-state index contributed by atoms with van der Waals surface area (Å²) in [6.45, 7) is 4.61. The molecular formula is C11H20N4OS. The quantitative estimate of drug-likeness (QED) is 0.805. The van der Waals surface area contributed by atoms with Crippen molar-refractivity contribution in [3.8, 4) is 0 Å². The van der Waals surface area contributed by atoms with Gasteiger partial charge in [0.15, 0.2) is 0 Å². The zero-order valence-electron chi connectivity index (χ0n) is 10.8. The second-order valence-corrected chi connectivity index (χ2v) is 5.76. The van der Waals surface area contributed by atoms with Crippen molar-refractivity contribution >= 4 is 22.4 Å². The van der Waals surface area contributed by atoms with Gasteiger partial charge in [0, 0.05) is 42.0 Å². The highest BCUT2D eigenvalue weighted by Crippen LogP contribution is 2.10. The van der Waals surface area contributed by atoms with Crippen LogP contribution in [0.15, 0.2) is 6.07 Å². The van der Waals surface area contributed by atoms with E-state index in [0.29, 0.717) is 0 Å². The van der Waals surface area contributed by atoms with Gasteiger partial charge in [-0.05, 0) is 13.3 Å². The van der Waals surface area contributed by atoms with Gasteiger partial charge < -0.3 is 10.6 Å². The molecule has 0 saturated heterocycles. The van der Waals surface area contributed by atoms with Crippen molar-refractivity contribution < 1.29 is 4.21 Å². The van der Waals surface area contributed by atoms with E-state index in [1.54, 1.807) is 6.26 Å². The van der Waals surface area contributed by atoms with Crippen LogP contribution >= 0.6 is 0 Å². The van der Waals surface area contributed by atoms with Gasteiger partial charge in [0.05, 0.1) is 0 Å². The number of nitrogens with zero attached hydrogens (tertiary/aromatic N) is 2. The Morgan fingerprint density at radius 3 is 2.65 bits per heavy atom. The molecule has 6 heteroatoms. The van der Waals surface area contributed by atoms with E-state index in [2.05, 4.69) is 20.6 Å². The summed E-state index contributed by atoms with van der Waals surface area (Å²) in [5, 5.41) is 6.41. The predicted molar refractivity (Wildman–Crippen MR) is 73.0 cm³/mol. The standard InChI is InChI=1S/C11H20N4OS/c1-8(17(4)16)5-6-13-11-7-10(12-3)14-9(2)15-11/h7-8H,5-6H2,1-4H3,(H2,12,13,14,15). The van der Waals surface area contributed by atoms with Crippen LogP contribution in [0.3, 0.4) is 0 Å². The molecule has 1 rings (SSSR count). The summed E-state index contributed by atoms with van der Waals surface area (Å²) in [6, 6.07) is 1.86. The SMILES string of the molecule is CNc1cc(NCCC(C)S(C)=O)nc(C)n1. The Balaban J connectivity index is 2.51. The van der Waals surface area contributed by atoms with Gasteiger partial charge in [-0.3, -0.25) is 4.21 Å². The normalized spacial score (nSPS) is 14.1. The Bertz CT molecular complexity index is 397. The van der Waals surface area contributed by atoms with E-state index in [0.717, 1.165) is 30.4 Å². The maximum absolute atomic E-state index is 11.2. The molecule has 17 heavy (non-hydrogen) atoms. The van der Waals surface area contributed by atoms with Crippen molar-refractivity contribution in [2.24, 2.45) is 0 Å². The summed E-state index contributed by atoms with van der Waals surface area (Å²) in [4.78, 5) is 8.50. The predicted octanol–water partition coefficient (Wildman–Crippen LogP) is 1.40. The molecular weight excluding hydrogens is 236 g/mol. The van der Waals surface area contributed by atoms with Crippen LogP contribution in [0, 0.1) is 6.92 Å². The Labute approximate surface area is 105 Å². The average molecular weight is 256 g/mol. The third-order valence-corrected chi connectivity index (χ3v) is 3.89. The third kappa shape index (κ3) is 4.68. The van der Waals surface area contributed by atoms with Crippen LogP contribution in [0.2, 0.25) is 0 Å². The highest BCUT2D eigenvalue weighted by atomic mass is 32.2. The van der Waals surface area contributed by atoms with Crippen molar-refractivity contribution in [1.29, 1.82) is 0 Å². The van der Waals surface area contributed by atoms with Crippen molar-refractivity contribution in [3.63, 3.8) is 0 Å². The maximum Gasteiger partial charge on any atom is 0.131 e. The van der Waals surface area contributed by atoms with Crippen LogP contribution in [0.1, 0.15) is 19.2 Å². The number of aromatic nitrogens is 2. The molecule has 1 aromatic heterocycles. The minimum atomic E-state index is -0.764. The number of rotatable bonds is 6. The Hall–Kier alpha value is -1.17. The highest BCUT2D eigenvalue weighted by Gasteiger charge is 2.06. The van der Waals surface area contributed by atoms with Crippen molar-refractivity contribution in [1.82, 2.24) is 9.97 Å². The zero-order chi connectivity index (χ0) is 12.8. The second kappa shape index (κ2) is 6.54. The number of hydrogen-bond acceptors (Lipinski definition) is 5. The van der Waals surface area contributed by atoms with Gasteiger partial charge in [-0.2, -0.15) is 0 Å². The average Bonchev–Trinajstić information content (AvgIpc) is 2.27. The van der Waals surface area contributed by atoms with E-state index < -0.39 is 10.8 Å². The summed E-state index contributed by atoms with van der Waals surface area (Å²) in [7, 11) is 1.06. The number of aryl methyl sites for hydroxylation is 1. The largest absolute Gasteiger partial charge is 0.373 e. The second-order valence-electron chi connectivity index (χ2n) is 3.96. The first kappa shape index (κ1) is 13.9. The van der Waals surface area contributed by atoms with Gasteiger partial charge in [-0.15, -0.1) is 0 Å². The van der Waals surface area contributed by atoms with Crippen LogP contribution in [0.4, 0.5) is 11.6 Å².